The summed E-state index contributed by atoms with van der Waals surface area (Å²) in [5, 5.41) is 12.7. The van der Waals surface area contributed by atoms with Crippen molar-refractivity contribution in [2.45, 2.75) is 38.7 Å². The zero-order chi connectivity index (χ0) is 12.8. The Hall–Kier alpha value is -1.36. The van der Waals surface area contributed by atoms with Crippen molar-refractivity contribution in [2.75, 3.05) is 18.5 Å². The lowest BCUT2D eigenvalue weighted by Gasteiger charge is -2.25. The summed E-state index contributed by atoms with van der Waals surface area (Å²) >= 11 is 0. The summed E-state index contributed by atoms with van der Waals surface area (Å²) < 4.78 is 5.33. The van der Waals surface area contributed by atoms with E-state index in [4.69, 9.17) is 4.74 Å². The normalized spacial score (nSPS) is 23.7. The van der Waals surface area contributed by atoms with Crippen LogP contribution in [0.15, 0.2) is 12.3 Å². The first-order valence-electron chi connectivity index (χ1n) is 6.65. The van der Waals surface area contributed by atoms with Crippen LogP contribution in [0.25, 0.3) is 0 Å². The van der Waals surface area contributed by atoms with Crippen molar-refractivity contribution in [3.63, 3.8) is 0 Å². The predicted molar refractivity (Wildman–Crippen MR) is 69.7 cm³/mol. The van der Waals surface area contributed by atoms with Gasteiger partial charge in [-0.3, -0.25) is 0 Å². The smallest absolute Gasteiger partial charge is 0.225 e. The SMILES string of the molecule is CCOc1ccnc(NCC2CCC(O)CC2)n1. The number of anilines is 1. The van der Waals surface area contributed by atoms with Gasteiger partial charge in [-0.05, 0) is 38.5 Å². The van der Waals surface area contributed by atoms with Gasteiger partial charge in [-0.25, -0.2) is 4.98 Å². The minimum absolute atomic E-state index is 0.0983. The third-order valence-electron chi connectivity index (χ3n) is 3.29. The van der Waals surface area contributed by atoms with Crippen LogP contribution in [0.5, 0.6) is 5.88 Å². The molecule has 0 bridgehead atoms. The number of rotatable bonds is 5. The lowest BCUT2D eigenvalue weighted by atomic mass is 9.87. The van der Waals surface area contributed by atoms with E-state index < -0.39 is 0 Å². The van der Waals surface area contributed by atoms with E-state index in [9.17, 15) is 5.11 Å². The maximum absolute atomic E-state index is 9.45. The van der Waals surface area contributed by atoms with Crippen molar-refractivity contribution in [3.8, 4) is 5.88 Å². The van der Waals surface area contributed by atoms with Gasteiger partial charge in [0.15, 0.2) is 0 Å². The molecule has 0 aromatic carbocycles. The number of aliphatic hydroxyl groups excluding tert-OH is 1. The fourth-order valence-electron chi connectivity index (χ4n) is 2.24. The number of aliphatic hydroxyl groups is 1. The standard InChI is InChI=1S/C13H21N3O2/c1-2-18-12-7-8-14-13(16-12)15-9-10-3-5-11(17)6-4-10/h7-8,10-11,17H,2-6,9H2,1H3,(H,14,15,16). The van der Waals surface area contributed by atoms with Gasteiger partial charge in [0, 0.05) is 18.8 Å². The summed E-state index contributed by atoms with van der Waals surface area (Å²) in [5.74, 6) is 1.83. The van der Waals surface area contributed by atoms with Gasteiger partial charge in [-0.2, -0.15) is 4.98 Å². The monoisotopic (exact) mass is 251 g/mol. The molecule has 18 heavy (non-hydrogen) atoms. The van der Waals surface area contributed by atoms with Gasteiger partial charge in [0.05, 0.1) is 12.7 Å². The molecule has 100 valence electrons. The van der Waals surface area contributed by atoms with Crippen LogP contribution in [0, 0.1) is 5.92 Å². The Balaban J connectivity index is 1.80. The molecule has 0 amide bonds. The van der Waals surface area contributed by atoms with Crippen LogP contribution >= 0.6 is 0 Å². The molecule has 1 fully saturated rings. The fraction of sp³-hybridized carbons (Fsp3) is 0.692. The van der Waals surface area contributed by atoms with Crippen molar-refractivity contribution >= 4 is 5.95 Å². The summed E-state index contributed by atoms with van der Waals surface area (Å²) in [6.07, 6.45) is 5.56. The first-order valence-corrected chi connectivity index (χ1v) is 6.65. The molecule has 0 radical (unpaired) electrons. The molecule has 5 nitrogen and oxygen atoms in total. The lowest BCUT2D eigenvalue weighted by Crippen LogP contribution is -2.24. The quantitative estimate of drug-likeness (QED) is 0.835. The van der Waals surface area contributed by atoms with E-state index in [2.05, 4.69) is 15.3 Å². The minimum atomic E-state index is -0.0983. The molecule has 1 aromatic heterocycles. The second kappa shape index (κ2) is 6.54. The summed E-state index contributed by atoms with van der Waals surface area (Å²) in [7, 11) is 0. The molecule has 0 aliphatic heterocycles. The fourth-order valence-corrected chi connectivity index (χ4v) is 2.24. The van der Waals surface area contributed by atoms with Crippen LogP contribution in [0.2, 0.25) is 0 Å². The molecule has 2 rings (SSSR count). The summed E-state index contributed by atoms with van der Waals surface area (Å²) in [6.45, 7) is 3.40. The number of nitrogens with zero attached hydrogens (tertiary/aromatic N) is 2. The number of aromatic nitrogens is 2. The molecular weight excluding hydrogens is 230 g/mol. The maximum Gasteiger partial charge on any atom is 0.225 e. The van der Waals surface area contributed by atoms with Crippen molar-refractivity contribution < 1.29 is 9.84 Å². The Kier molecular flexibility index (Phi) is 4.75. The average molecular weight is 251 g/mol. The van der Waals surface area contributed by atoms with Crippen LogP contribution < -0.4 is 10.1 Å². The highest BCUT2D eigenvalue weighted by molar-refractivity contribution is 5.27. The van der Waals surface area contributed by atoms with E-state index in [-0.39, 0.29) is 6.10 Å². The second-order valence-electron chi connectivity index (χ2n) is 4.71. The van der Waals surface area contributed by atoms with E-state index in [0.717, 1.165) is 32.2 Å². The number of nitrogens with one attached hydrogen (secondary N) is 1. The highest BCUT2D eigenvalue weighted by Gasteiger charge is 2.19. The third-order valence-corrected chi connectivity index (χ3v) is 3.29. The highest BCUT2D eigenvalue weighted by Crippen LogP contribution is 2.24. The van der Waals surface area contributed by atoms with Crippen molar-refractivity contribution in [2.24, 2.45) is 5.92 Å². The van der Waals surface area contributed by atoms with Crippen molar-refractivity contribution in [3.05, 3.63) is 12.3 Å². The Morgan fingerprint density at radius 2 is 2.17 bits per heavy atom. The zero-order valence-electron chi connectivity index (χ0n) is 10.8. The van der Waals surface area contributed by atoms with Crippen LogP contribution in [0.4, 0.5) is 5.95 Å². The van der Waals surface area contributed by atoms with E-state index in [0.29, 0.717) is 24.4 Å². The first-order chi connectivity index (χ1) is 8.78. The van der Waals surface area contributed by atoms with Gasteiger partial charge >= 0.3 is 0 Å². The number of hydrogen-bond donors (Lipinski definition) is 2. The van der Waals surface area contributed by atoms with E-state index in [1.54, 1.807) is 12.3 Å². The molecule has 1 saturated carbocycles. The summed E-state index contributed by atoms with van der Waals surface area (Å²) in [6, 6.07) is 1.76. The molecule has 1 aliphatic carbocycles. The number of ether oxygens (including phenoxy) is 1. The Morgan fingerprint density at radius 3 is 2.89 bits per heavy atom. The van der Waals surface area contributed by atoms with Crippen molar-refractivity contribution in [1.29, 1.82) is 0 Å². The molecule has 5 heteroatoms. The maximum atomic E-state index is 9.45. The number of hydrogen-bond acceptors (Lipinski definition) is 5. The lowest BCUT2D eigenvalue weighted by molar-refractivity contribution is 0.111. The van der Waals surface area contributed by atoms with Crippen LogP contribution in [0.3, 0.4) is 0 Å². The zero-order valence-corrected chi connectivity index (χ0v) is 10.8. The molecule has 0 unspecified atom stereocenters. The Bertz CT molecular complexity index is 365. The molecule has 2 N–H and O–H groups in total. The Morgan fingerprint density at radius 1 is 1.39 bits per heavy atom. The largest absolute Gasteiger partial charge is 0.478 e. The van der Waals surface area contributed by atoms with Crippen LogP contribution in [0.1, 0.15) is 32.6 Å². The van der Waals surface area contributed by atoms with Crippen LogP contribution in [-0.2, 0) is 0 Å². The average Bonchev–Trinajstić information content (AvgIpc) is 2.39. The van der Waals surface area contributed by atoms with Gasteiger partial charge < -0.3 is 15.2 Å². The molecule has 1 heterocycles. The van der Waals surface area contributed by atoms with Crippen molar-refractivity contribution in [1.82, 2.24) is 9.97 Å². The summed E-state index contributed by atoms with van der Waals surface area (Å²) in [4.78, 5) is 8.44. The van der Waals surface area contributed by atoms with Gasteiger partial charge in [0.1, 0.15) is 0 Å². The molecule has 1 aliphatic rings. The van der Waals surface area contributed by atoms with Gasteiger partial charge in [0.25, 0.3) is 0 Å². The second-order valence-corrected chi connectivity index (χ2v) is 4.71. The minimum Gasteiger partial charge on any atom is -0.478 e. The first kappa shape index (κ1) is 13.1. The molecule has 0 atom stereocenters. The van der Waals surface area contributed by atoms with Gasteiger partial charge in [-0.15, -0.1) is 0 Å². The topological polar surface area (TPSA) is 67.3 Å². The van der Waals surface area contributed by atoms with E-state index >= 15 is 0 Å². The molecule has 0 saturated heterocycles. The third kappa shape index (κ3) is 3.84. The van der Waals surface area contributed by atoms with Gasteiger partial charge in [-0.1, -0.05) is 0 Å². The van der Waals surface area contributed by atoms with E-state index in [1.807, 2.05) is 6.92 Å². The molecule has 1 aromatic rings. The predicted octanol–water partition coefficient (Wildman–Crippen LogP) is 1.84. The Labute approximate surface area is 108 Å². The highest BCUT2D eigenvalue weighted by atomic mass is 16.5. The molecular formula is C13H21N3O2. The van der Waals surface area contributed by atoms with E-state index in [1.165, 1.54) is 0 Å². The summed E-state index contributed by atoms with van der Waals surface area (Å²) in [5.41, 5.74) is 0. The van der Waals surface area contributed by atoms with Crippen LogP contribution in [-0.4, -0.2) is 34.3 Å². The molecule has 0 spiro atoms. The van der Waals surface area contributed by atoms with Gasteiger partial charge in [0.2, 0.25) is 11.8 Å².